The molecule has 1 rings (SSSR count). The lowest BCUT2D eigenvalue weighted by atomic mass is 10.2. The van der Waals surface area contributed by atoms with E-state index < -0.39 is 9.85 Å². The Balaban J connectivity index is 3.19. The predicted octanol–water partition coefficient (Wildman–Crippen LogP) is 1.92. The Morgan fingerprint density at radius 3 is 2.50 bits per heavy atom. The van der Waals surface area contributed by atoms with Crippen LogP contribution in [0.5, 0.6) is 0 Å². The third-order valence-corrected chi connectivity index (χ3v) is 1.70. The van der Waals surface area contributed by atoms with E-state index in [-0.39, 0.29) is 17.1 Å². The van der Waals surface area contributed by atoms with Crippen molar-refractivity contribution < 1.29 is 9.85 Å². The quantitative estimate of drug-likeness (QED) is 0.477. The molecule has 0 aromatic heterocycles. The van der Waals surface area contributed by atoms with Crippen molar-refractivity contribution in [2.75, 3.05) is 5.43 Å². The van der Waals surface area contributed by atoms with Crippen molar-refractivity contribution in [1.29, 1.82) is 0 Å². The van der Waals surface area contributed by atoms with Crippen LogP contribution >= 0.6 is 0 Å². The van der Waals surface area contributed by atoms with E-state index in [1.165, 1.54) is 18.3 Å². The molecule has 0 aliphatic heterocycles. The molecule has 0 unspecified atom stereocenters. The monoisotopic (exact) mass is 224 g/mol. The third kappa shape index (κ3) is 2.50. The normalized spacial score (nSPS) is 10.3. The molecule has 0 heterocycles. The van der Waals surface area contributed by atoms with Gasteiger partial charge in [-0.15, -0.1) is 0 Å². The molecule has 1 N–H and O–H groups in total. The lowest BCUT2D eigenvalue weighted by Crippen LogP contribution is -1.98. The van der Waals surface area contributed by atoms with E-state index in [0.29, 0.717) is 0 Å². The standard InChI is InChI=1S/C8H8N4O4/c1-2-9-10-7-4-3-6(11(13)14)5-8(7)12(15)16/h2-5,10H,1H3/b9-2+. The van der Waals surface area contributed by atoms with Crippen LogP contribution in [0.3, 0.4) is 0 Å². The highest BCUT2D eigenvalue weighted by Crippen LogP contribution is 2.28. The second kappa shape index (κ2) is 4.82. The number of nitro groups is 2. The Morgan fingerprint density at radius 1 is 1.31 bits per heavy atom. The smallest absolute Gasteiger partial charge is 0.272 e. The first-order valence-corrected chi connectivity index (χ1v) is 4.22. The van der Waals surface area contributed by atoms with Crippen LogP contribution in [0.1, 0.15) is 6.92 Å². The molecule has 1 aromatic carbocycles. The van der Waals surface area contributed by atoms with Gasteiger partial charge in [-0.3, -0.25) is 25.7 Å². The highest BCUT2D eigenvalue weighted by Gasteiger charge is 2.18. The van der Waals surface area contributed by atoms with E-state index >= 15 is 0 Å². The molecule has 0 fully saturated rings. The van der Waals surface area contributed by atoms with E-state index in [2.05, 4.69) is 10.5 Å². The van der Waals surface area contributed by atoms with Crippen molar-refractivity contribution >= 4 is 23.3 Å². The van der Waals surface area contributed by atoms with Crippen LogP contribution < -0.4 is 5.43 Å². The Labute approximate surface area is 89.9 Å². The van der Waals surface area contributed by atoms with Gasteiger partial charge in [-0.2, -0.15) is 5.10 Å². The van der Waals surface area contributed by atoms with Gasteiger partial charge in [-0.1, -0.05) is 0 Å². The molecule has 16 heavy (non-hydrogen) atoms. The highest BCUT2D eigenvalue weighted by molar-refractivity contribution is 5.66. The van der Waals surface area contributed by atoms with Crippen molar-refractivity contribution in [3.63, 3.8) is 0 Å². The number of hydrazone groups is 1. The van der Waals surface area contributed by atoms with Gasteiger partial charge in [0.1, 0.15) is 5.69 Å². The summed E-state index contributed by atoms with van der Waals surface area (Å²) in [5.41, 5.74) is 1.80. The largest absolute Gasteiger partial charge is 0.301 e. The fraction of sp³-hybridized carbons (Fsp3) is 0.125. The third-order valence-electron chi connectivity index (χ3n) is 1.70. The van der Waals surface area contributed by atoms with Crippen LogP contribution in [0.15, 0.2) is 23.3 Å². The molecule has 0 bridgehead atoms. The van der Waals surface area contributed by atoms with E-state index in [1.807, 2.05) is 0 Å². The zero-order valence-corrected chi connectivity index (χ0v) is 8.28. The SMILES string of the molecule is C/C=N/Nc1ccc([N+](=O)[O-])cc1[N+](=O)[O-]. The molecular formula is C8H8N4O4. The summed E-state index contributed by atoms with van der Waals surface area (Å²) in [6, 6.07) is 3.29. The molecule has 8 heteroatoms. The molecule has 0 spiro atoms. The van der Waals surface area contributed by atoms with Gasteiger partial charge in [0.15, 0.2) is 0 Å². The summed E-state index contributed by atoms with van der Waals surface area (Å²) in [7, 11) is 0. The van der Waals surface area contributed by atoms with Gasteiger partial charge in [-0.25, -0.2) is 0 Å². The number of rotatable bonds is 4. The number of hydrogen-bond acceptors (Lipinski definition) is 6. The Kier molecular flexibility index (Phi) is 3.49. The van der Waals surface area contributed by atoms with Crippen LogP contribution in [0, 0.1) is 20.2 Å². The van der Waals surface area contributed by atoms with E-state index in [4.69, 9.17) is 0 Å². The number of nitrogens with zero attached hydrogens (tertiary/aromatic N) is 3. The fourth-order valence-corrected chi connectivity index (χ4v) is 1.01. The number of non-ortho nitro benzene ring substituents is 1. The maximum Gasteiger partial charge on any atom is 0.301 e. The molecular weight excluding hydrogens is 216 g/mol. The Morgan fingerprint density at radius 2 is 2.00 bits per heavy atom. The van der Waals surface area contributed by atoms with Gasteiger partial charge in [0, 0.05) is 12.3 Å². The van der Waals surface area contributed by atoms with Gasteiger partial charge in [0.25, 0.3) is 5.69 Å². The predicted molar refractivity (Wildman–Crippen MR) is 57.5 cm³/mol. The van der Waals surface area contributed by atoms with Gasteiger partial charge >= 0.3 is 5.69 Å². The molecule has 0 saturated carbocycles. The van der Waals surface area contributed by atoms with Crippen molar-refractivity contribution in [2.24, 2.45) is 5.10 Å². The molecule has 0 radical (unpaired) electrons. The molecule has 8 nitrogen and oxygen atoms in total. The van der Waals surface area contributed by atoms with E-state index in [9.17, 15) is 20.2 Å². The summed E-state index contributed by atoms with van der Waals surface area (Å²) in [5, 5.41) is 24.7. The topological polar surface area (TPSA) is 111 Å². The van der Waals surface area contributed by atoms with Crippen LogP contribution in [0.2, 0.25) is 0 Å². The first kappa shape index (κ1) is 11.6. The lowest BCUT2D eigenvalue weighted by molar-refractivity contribution is -0.393. The minimum atomic E-state index is -0.708. The summed E-state index contributed by atoms with van der Waals surface area (Å²) in [5.74, 6) is 0. The van der Waals surface area contributed by atoms with Crippen molar-refractivity contribution in [3.05, 3.63) is 38.4 Å². The molecule has 0 atom stereocenters. The van der Waals surface area contributed by atoms with Crippen molar-refractivity contribution in [2.45, 2.75) is 6.92 Å². The molecule has 0 amide bonds. The number of nitro benzene ring substituents is 2. The summed E-state index contributed by atoms with van der Waals surface area (Å²) < 4.78 is 0. The summed E-state index contributed by atoms with van der Waals surface area (Å²) in [6.07, 6.45) is 1.41. The average molecular weight is 224 g/mol. The molecule has 84 valence electrons. The van der Waals surface area contributed by atoms with Crippen molar-refractivity contribution in [3.8, 4) is 0 Å². The van der Waals surface area contributed by atoms with Gasteiger partial charge in [-0.05, 0) is 13.0 Å². The van der Waals surface area contributed by atoms with Crippen LogP contribution in [-0.2, 0) is 0 Å². The average Bonchev–Trinajstić information content (AvgIpc) is 2.25. The lowest BCUT2D eigenvalue weighted by Gasteiger charge is -2.01. The maximum atomic E-state index is 10.7. The number of anilines is 1. The zero-order chi connectivity index (χ0) is 12.1. The highest BCUT2D eigenvalue weighted by atomic mass is 16.6. The second-order valence-electron chi connectivity index (χ2n) is 2.71. The van der Waals surface area contributed by atoms with Gasteiger partial charge in [0.2, 0.25) is 0 Å². The number of benzene rings is 1. The van der Waals surface area contributed by atoms with E-state index in [1.54, 1.807) is 6.92 Å². The molecule has 0 saturated heterocycles. The minimum Gasteiger partial charge on any atom is -0.272 e. The van der Waals surface area contributed by atoms with Gasteiger partial charge < -0.3 is 0 Å². The maximum absolute atomic E-state index is 10.7. The van der Waals surface area contributed by atoms with E-state index in [0.717, 1.165) is 6.07 Å². The second-order valence-corrected chi connectivity index (χ2v) is 2.71. The van der Waals surface area contributed by atoms with Crippen LogP contribution in [0.4, 0.5) is 17.1 Å². The molecule has 1 aromatic rings. The Hall–Kier alpha value is -2.51. The molecule has 0 aliphatic rings. The number of nitrogens with one attached hydrogen (secondary N) is 1. The molecule has 0 aliphatic carbocycles. The number of hydrogen-bond donors (Lipinski definition) is 1. The first-order valence-electron chi connectivity index (χ1n) is 4.22. The van der Waals surface area contributed by atoms with Crippen molar-refractivity contribution in [1.82, 2.24) is 0 Å². The van der Waals surface area contributed by atoms with Gasteiger partial charge in [0.05, 0.1) is 15.9 Å². The summed E-state index contributed by atoms with van der Waals surface area (Å²) in [6.45, 7) is 1.63. The zero-order valence-electron chi connectivity index (χ0n) is 8.28. The minimum absolute atomic E-state index is 0.105. The summed E-state index contributed by atoms with van der Waals surface area (Å²) >= 11 is 0. The fourth-order valence-electron chi connectivity index (χ4n) is 1.01. The van der Waals surface area contributed by atoms with Crippen LogP contribution in [0.25, 0.3) is 0 Å². The first-order chi connectivity index (χ1) is 7.56. The van der Waals surface area contributed by atoms with Crippen LogP contribution in [-0.4, -0.2) is 16.1 Å². The summed E-state index contributed by atoms with van der Waals surface area (Å²) in [4.78, 5) is 19.7. The Bertz CT molecular complexity index is 457.